The van der Waals surface area contributed by atoms with E-state index in [0.717, 1.165) is 10.2 Å². The monoisotopic (exact) mass is 306 g/mol. The number of pyridine rings is 1. The van der Waals surface area contributed by atoms with Crippen molar-refractivity contribution in [3.63, 3.8) is 0 Å². The number of aromatic nitrogens is 1. The number of anilines is 1. The van der Waals surface area contributed by atoms with Crippen molar-refractivity contribution >= 4 is 27.6 Å². The average molecular weight is 307 g/mol. The Hall–Kier alpha value is -1.88. The van der Waals surface area contributed by atoms with Crippen molar-refractivity contribution in [1.29, 1.82) is 0 Å². The first-order valence-electron chi connectivity index (χ1n) is 5.34. The predicted octanol–water partition coefficient (Wildman–Crippen LogP) is 3.15. The molecule has 4 nitrogen and oxygen atoms in total. The van der Waals surface area contributed by atoms with Gasteiger partial charge in [-0.15, -0.1) is 0 Å². The van der Waals surface area contributed by atoms with Crippen LogP contribution in [-0.4, -0.2) is 16.1 Å². The summed E-state index contributed by atoms with van der Waals surface area (Å²) in [7, 11) is 0. The normalized spacial score (nSPS) is 10.1. The Balaban J connectivity index is 2.06. The average Bonchev–Trinajstić information content (AvgIpc) is 2.37. The van der Waals surface area contributed by atoms with Gasteiger partial charge in [-0.3, -0.25) is 0 Å². The summed E-state index contributed by atoms with van der Waals surface area (Å²) in [6.07, 6.45) is 0. The van der Waals surface area contributed by atoms with Crippen LogP contribution in [-0.2, 0) is 6.54 Å². The van der Waals surface area contributed by atoms with Gasteiger partial charge in [0, 0.05) is 10.2 Å². The second-order valence-electron chi connectivity index (χ2n) is 3.68. The highest BCUT2D eigenvalue weighted by Gasteiger charge is 2.04. The third-order valence-corrected chi connectivity index (χ3v) is 2.82. The molecule has 0 unspecified atom stereocenters. The molecule has 1 heterocycles. The van der Waals surface area contributed by atoms with Gasteiger partial charge in [-0.1, -0.05) is 28.1 Å². The molecule has 5 heteroatoms. The van der Waals surface area contributed by atoms with Crippen LogP contribution in [0.5, 0.6) is 0 Å². The van der Waals surface area contributed by atoms with Gasteiger partial charge in [0.1, 0.15) is 5.69 Å². The maximum absolute atomic E-state index is 10.8. The number of rotatable bonds is 4. The van der Waals surface area contributed by atoms with Crippen LogP contribution in [0.4, 0.5) is 5.69 Å². The molecule has 0 fully saturated rings. The van der Waals surface area contributed by atoms with Crippen molar-refractivity contribution in [2.24, 2.45) is 0 Å². The van der Waals surface area contributed by atoms with Crippen molar-refractivity contribution in [1.82, 2.24) is 4.98 Å². The Bertz CT molecular complexity index is 572. The topological polar surface area (TPSA) is 62.2 Å². The van der Waals surface area contributed by atoms with Crippen LogP contribution >= 0.6 is 15.9 Å². The third-order valence-electron chi connectivity index (χ3n) is 2.32. The van der Waals surface area contributed by atoms with Crippen molar-refractivity contribution in [2.75, 3.05) is 5.32 Å². The van der Waals surface area contributed by atoms with Gasteiger partial charge >= 0.3 is 5.97 Å². The van der Waals surface area contributed by atoms with Crippen LogP contribution in [0.15, 0.2) is 46.9 Å². The van der Waals surface area contributed by atoms with E-state index in [1.807, 2.05) is 24.3 Å². The van der Waals surface area contributed by atoms with Gasteiger partial charge in [0.25, 0.3) is 0 Å². The van der Waals surface area contributed by atoms with Crippen LogP contribution in [0.25, 0.3) is 0 Å². The number of carboxylic acid groups (broad SMARTS) is 1. The van der Waals surface area contributed by atoms with Crippen molar-refractivity contribution in [3.05, 3.63) is 58.3 Å². The summed E-state index contributed by atoms with van der Waals surface area (Å²) < 4.78 is 0.986. The van der Waals surface area contributed by atoms with E-state index in [4.69, 9.17) is 5.11 Å². The molecule has 0 radical (unpaired) electrons. The lowest BCUT2D eigenvalue weighted by molar-refractivity contribution is 0.0690. The van der Waals surface area contributed by atoms with Crippen LogP contribution in [0.1, 0.15) is 16.2 Å². The van der Waals surface area contributed by atoms with Crippen molar-refractivity contribution in [3.8, 4) is 0 Å². The largest absolute Gasteiger partial charge is 0.477 e. The standard InChI is InChI=1S/C13H11BrN2O2/c14-9-3-1-4-10(7-9)15-8-11-5-2-6-12(16-11)13(17)18/h1-7,15H,8H2,(H,17,18). The Morgan fingerprint density at radius 3 is 2.78 bits per heavy atom. The number of nitrogens with one attached hydrogen (secondary N) is 1. The van der Waals surface area contributed by atoms with Gasteiger partial charge in [0.05, 0.1) is 12.2 Å². The van der Waals surface area contributed by atoms with Crippen LogP contribution in [0.2, 0.25) is 0 Å². The fourth-order valence-corrected chi connectivity index (χ4v) is 1.89. The fourth-order valence-electron chi connectivity index (χ4n) is 1.49. The zero-order valence-corrected chi connectivity index (χ0v) is 11.0. The van der Waals surface area contributed by atoms with Gasteiger partial charge in [-0.2, -0.15) is 0 Å². The first-order chi connectivity index (χ1) is 8.65. The third kappa shape index (κ3) is 3.30. The zero-order valence-electron chi connectivity index (χ0n) is 9.43. The summed E-state index contributed by atoms with van der Waals surface area (Å²) >= 11 is 3.39. The lowest BCUT2D eigenvalue weighted by atomic mass is 10.3. The quantitative estimate of drug-likeness (QED) is 0.911. The van der Waals surface area contributed by atoms with E-state index in [2.05, 4.69) is 26.2 Å². The summed E-state index contributed by atoms with van der Waals surface area (Å²) in [6.45, 7) is 0.484. The van der Waals surface area contributed by atoms with E-state index in [-0.39, 0.29) is 5.69 Å². The van der Waals surface area contributed by atoms with Crippen LogP contribution in [0.3, 0.4) is 0 Å². The molecule has 0 aliphatic rings. The number of hydrogen-bond acceptors (Lipinski definition) is 3. The minimum atomic E-state index is -1.01. The molecular formula is C13H11BrN2O2. The van der Waals surface area contributed by atoms with E-state index in [1.165, 1.54) is 6.07 Å². The van der Waals surface area contributed by atoms with E-state index in [0.29, 0.717) is 12.2 Å². The molecule has 0 bridgehead atoms. The summed E-state index contributed by atoms with van der Waals surface area (Å²) in [6, 6.07) is 12.7. The minimum Gasteiger partial charge on any atom is -0.477 e. The zero-order chi connectivity index (χ0) is 13.0. The molecule has 0 saturated heterocycles. The molecule has 92 valence electrons. The summed E-state index contributed by atoms with van der Waals surface area (Å²) in [4.78, 5) is 14.8. The summed E-state index contributed by atoms with van der Waals surface area (Å²) in [5.74, 6) is -1.01. The first kappa shape index (κ1) is 12.6. The summed E-state index contributed by atoms with van der Waals surface area (Å²) in [5, 5.41) is 12.0. The smallest absolute Gasteiger partial charge is 0.354 e. The number of halogens is 1. The van der Waals surface area contributed by atoms with Crippen molar-refractivity contribution < 1.29 is 9.90 Å². The first-order valence-corrected chi connectivity index (χ1v) is 6.13. The van der Waals surface area contributed by atoms with Crippen LogP contribution < -0.4 is 5.32 Å². The SMILES string of the molecule is O=C(O)c1cccc(CNc2cccc(Br)c2)n1. The van der Waals surface area contributed by atoms with Gasteiger partial charge < -0.3 is 10.4 Å². The Morgan fingerprint density at radius 2 is 2.06 bits per heavy atom. The van der Waals surface area contributed by atoms with Gasteiger partial charge in [0.15, 0.2) is 0 Å². The minimum absolute atomic E-state index is 0.0588. The molecule has 2 rings (SSSR count). The van der Waals surface area contributed by atoms with E-state index < -0.39 is 5.97 Å². The number of carbonyl (C=O) groups is 1. The van der Waals surface area contributed by atoms with Gasteiger partial charge in [0.2, 0.25) is 0 Å². The Morgan fingerprint density at radius 1 is 1.28 bits per heavy atom. The second-order valence-corrected chi connectivity index (χ2v) is 4.60. The van der Waals surface area contributed by atoms with Crippen molar-refractivity contribution in [2.45, 2.75) is 6.54 Å². The molecule has 0 amide bonds. The molecule has 1 aromatic heterocycles. The fraction of sp³-hybridized carbons (Fsp3) is 0.0769. The summed E-state index contributed by atoms with van der Waals surface area (Å²) in [5.41, 5.74) is 1.70. The molecule has 0 aliphatic heterocycles. The molecular weight excluding hydrogens is 296 g/mol. The second kappa shape index (κ2) is 5.64. The maximum atomic E-state index is 10.8. The number of benzene rings is 1. The van der Waals surface area contributed by atoms with Gasteiger partial charge in [-0.05, 0) is 30.3 Å². The van der Waals surface area contributed by atoms with Gasteiger partial charge in [-0.25, -0.2) is 9.78 Å². The number of nitrogens with zero attached hydrogens (tertiary/aromatic N) is 1. The molecule has 0 aliphatic carbocycles. The van der Waals surface area contributed by atoms with E-state index in [1.54, 1.807) is 12.1 Å². The molecule has 0 saturated carbocycles. The number of hydrogen-bond donors (Lipinski definition) is 2. The highest BCUT2D eigenvalue weighted by atomic mass is 79.9. The highest BCUT2D eigenvalue weighted by Crippen LogP contribution is 2.16. The Kier molecular flexibility index (Phi) is 3.94. The molecule has 2 aromatic rings. The van der Waals surface area contributed by atoms with Crippen LogP contribution in [0, 0.1) is 0 Å². The highest BCUT2D eigenvalue weighted by molar-refractivity contribution is 9.10. The lowest BCUT2D eigenvalue weighted by Crippen LogP contribution is -2.06. The molecule has 0 atom stereocenters. The predicted molar refractivity (Wildman–Crippen MR) is 72.7 cm³/mol. The molecule has 2 N–H and O–H groups in total. The maximum Gasteiger partial charge on any atom is 0.354 e. The van der Waals surface area contributed by atoms with E-state index in [9.17, 15) is 4.79 Å². The van der Waals surface area contributed by atoms with E-state index >= 15 is 0 Å². The molecule has 0 spiro atoms. The molecule has 1 aromatic carbocycles. The number of aromatic carboxylic acids is 1. The number of carboxylic acids is 1. The molecule has 18 heavy (non-hydrogen) atoms. The lowest BCUT2D eigenvalue weighted by Gasteiger charge is -2.06. The Labute approximate surface area is 113 Å².